The Morgan fingerprint density at radius 1 is 1.29 bits per heavy atom. The van der Waals surface area contributed by atoms with Gasteiger partial charge in [0.15, 0.2) is 0 Å². The van der Waals surface area contributed by atoms with E-state index >= 15 is 0 Å². The molecule has 1 unspecified atom stereocenters. The molecule has 1 saturated heterocycles. The molecule has 1 aliphatic heterocycles. The summed E-state index contributed by atoms with van der Waals surface area (Å²) in [5, 5.41) is 6.35. The van der Waals surface area contributed by atoms with E-state index in [-0.39, 0.29) is 5.91 Å². The van der Waals surface area contributed by atoms with Gasteiger partial charge in [-0.3, -0.25) is 4.79 Å². The Balaban J connectivity index is 1.85. The number of hydrogen-bond acceptors (Lipinski definition) is 2. The molecule has 0 bridgehead atoms. The van der Waals surface area contributed by atoms with Crippen LogP contribution in [0.2, 0.25) is 0 Å². The van der Waals surface area contributed by atoms with Crippen LogP contribution in [0, 0.1) is 5.92 Å². The molecule has 2 rings (SSSR count). The van der Waals surface area contributed by atoms with Crippen molar-refractivity contribution in [2.75, 3.05) is 13.1 Å². The molecule has 0 radical (unpaired) electrons. The molecule has 96 valence electrons. The van der Waals surface area contributed by atoms with Crippen LogP contribution in [0.3, 0.4) is 0 Å². The Labute approximate surface area is 104 Å². The average molecular weight is 236 g/mol. The maximum atomic E-state index is 12.0. The van der Waals surface area contributed by atoms with Gasteiger partial charge in [-0.1, -0.05) is 19.3 Å². The molecule has 1 atom stereocenters. The zero-order valence-electron chi connectivity index (χ0n) is 11.0. The summed E-state index contributed by atoms with van der Waals surface area (Å²) in [6.07, 6.45) is 6.58. The van der Waals surface area contributed by atoms with Gasteiger partial charge in [0.25, 0.3) is 0 Å². The molecule has 0 aromatic heterocycles. The molecule has 3 nitrogen and oxygen atoms in total. The minimum Gasteiger partial charge on any atom is -0.350 e. The van der Waals surface area contributed by atoms with Gasteiger partial charge in [0.1, 0.15) is 0 Å². The lowest BCUT2D eigenvalue weighted by molar-refractivity contribution is -0.118. The predicted octanol–water partition coefficient (Wildman–Crippen LogP) is 1.99. The van der Waals surface area contributed by atoms with Crippen LogP contribution in [0.1, 0.15) is 46.0 Å². The molecule has 3 heteroatoms. The lowest BCUT2D eigenvalue weighted by atomic mass is 9.84. The third kappa shape index (κ3) is 3.09. The third-order valence-electron chi connectivity index (χ3n) is 4.26. The zero-order chi connectivity index (χ0) is 12.3. The molecule has 0 spiro atoms. The monoisotopic (exact) mass is 236 g/mol. The standard InChI is InChI=1S/C14H24N2O/c1-10(13-8-15-9-13)14(17)16-11(2)12-6-4-3-5-7-12/h11-12,15H,3-9H2,1-2H3,(H,16,17). The van der Waals surface area contributed by atoms with Gasteiger partial charge in [0.05, 0.1) is 0 Å². The molecule has 2 aliphatic rings. The highest BCUT2D eigenvalue weighted by Gasteiger charge is 2.23. The summed E-state index contributed by atoms with van der Waals surface area (Å²) in [5.74, 6) is 0.824. The first-order valence-electron chi connectivity index (χ1n) is 6.88. The number of rotatable bonds is 3. The second kappa shape index (κ2) is 5.67. The highest BCUT2D eigenvalue weighted by atomic mass is 16.1. The van der Waals surface area contributed by atoms with Crippen molar-refractivity contribution in [3.05, 3.63) is 11.1 Å². The second-order valence-corrected chi connectivity index (χ2v) is 5.49. The lowest BCUT2D eigenvalue weighted by Gasteiger charge is -2.29. The molecular formula is C14H24N2O. The number of hydrogen-bond donors (Lipinski definition) is 2. The van der Waals surface area contributed by atoms with E-state index < -0.39 is 0 Å². The summed E-state index contributed by atoms with van der Waals surface area (Å²) < 4.78 is 0. The largest absolute Gasteiger partial charge is 0.350 e. The minimum atomic E-state index is 0.138. The van der Waals surface area contributed by atoms with Crippen LogP contribution in [0.25, 0.3) is 0 Å². The lowest BCUT2D eigenvalue weighted by Crippen LogP contribution is -2.42. The molecule has 2 fully saturated rings. The average Bonchev–Trinajstić information content (AvgIpc) is 2.27. The van der Waals surface area contributed by atoms with Crippen molar-refractivity contribution in [2.45, 2.75) is 52.0 Å². The smallest absolute Gasteiger partial charge is 0.247 e. The molecule has 1 heterocycles. The zero-order valence-corrected chi connectivity index (χ0v) is 11.0. The van der Waals surface area contributed by atoms with Gasteiger partial charge in [-0.05, 0) is 38.2 Å². The van der Waals surface area contributed by atoms with E-state index in [1.807, 2.05) is 6.92 Å². The van der Waals surface area contributed by atoms with Crippen LogP contribution >= 0.6 is 0 Å². The molecule has 1 aliphatic carbocycles. The van der Waals surface area contributed by atoms with Crippen molar-refractivity contribution in [1.82, 2.24) is 10.6 Å². The van der Waals surface area contributed by atoms with E-state index in [2.05, 4.69) is 17.6 Å². The number of carbonyl (C=O) groups excluding carboxylic acids is 1. The maximum absolute atomic E-state index is 12.0. The van der Waals surface area contributed by atoms with Gasteiger partial charge in [-0.15, -0.1) is 0 Å². The van der Waals surface area contributed by atoms with Crippen molar-refractivity contribution < 1.29 is 4.79 Å². The van der Waals surface area contributed by atoms with E-state index in [4.69, 9.17) is 0 Å². The first-order chi connectivity index (χ1) is 8.18. The third-order valence-corrected chi connectivity index (χ3v) is 4.26. The normalized spacial score (nSPS) is 22.8. The van der Waals surface area contributed by atoms with E-state index in [1.54, 1.807) is 0 Å². The van der Waals surface area contributed by atoms with Crippen molar-refractivity contribution in [2.24, 2.45) is 5.92 Å². The highest BCUT2D eigenvalue weighted by molar-refractivity contribution is 5.94. The fourth-order valence-corrected chi connectivity index (χ4v) is 2.74. The van der Waals surface area contributed by atoms with Crippen molar-refractivity contribution >= 4 is 5.91 Å². The van der Waals surface area contributed by atoms with E-state index in [9.17, 15) is 4.79 Å². The van der Waals surface area contributed by atoms with Crippen LogP contribution in [0.5, 0.6) is 0 Å². The van der Waals surface area contributed by atoms with Crippen LogP contribution in [0.15, 0.2) is 11.1 Å². The van der Waals surface area contributed by atoms with Gasteiger partial charge in [0.2, 0.25) is 5.91 Å². The first-order valence-corrected chi connectivity index (χ1v) is 6.88. The van der Waals surface area contributed by atoms with Gasteiger partial charge >= 0.3 is 0 Å². The summed E-state index contributed by atoms with van der Waals surface area (Å²) in [6, 6.07) is 0.325. The van der Waals surface area contributed by atoms with Crippen LogP contribution < -0.4 is 10.6 Å². The molecular weight excluding hydrogens is 212 g/mol. The Morgan fingerprint density at radius 3 is 2.47 bits per heavy atom. The van der Waals surface area contributed by atoms with Crippen molar-refractivity contribution in [3.63, 3.8) is 0 Å². The van der Waals surface area contributed by atoms with Gasteiger partial charge in [0, 0.05) is 24.7 Å². The predicted molar refractivity (Wildman–Crippen MR) is 69.7 cm³/mol. The molecule has 1 saturated carbocycles. The van der Waals surface area contributed by atoms with Crippen molar-refractivity contribution in [3.8, 4) is 0 Å². The summed E-state index contributed by atoms with van der Waals surface area (Å²) >= 11 is 0. The summed E-state index contributed by atoms with van der Waals surface area (Å²) in [5.41, 5.74) is 2.18. The van der Waals surface area contributed by atoms with Crippen molar-refractivity contribution in [1.29, 1.82) is 0 Å². The minimum absolute atomic E-state index is 0.138. The Hall–Kier alpha value is -0.830. The fourth-order valence-electron chi connectivity index (χ4n) is 2.74. The Morgan fingerprint density at radius 2 is 1.94 bits per heavy atom. The Kier molecular flexibility index (Phi) is 4.21. The van der Waals surface area contributed by atoms with E-state index in [0.29, 0.717) is 12.0 Å². The second-order valence-electron chi connectivity index (χ2n) is 5.49. The molecule has 0 aromatic carbocycles. The summed E-state index contributed by atoms with van der Waals surface area (Å²) in [6.45, 7) is 5.87. The Bertz CT molecular complexity index is 310. The fraction of sp³-hybridized carbons (Fsp3) is 0.786. The maximum Gasteiger partial charge on any atom is 0.247 e. The SMILES string of the molecule is CC(C(=O)NC(C)C1CCCCC1)=C1CNC1. The van der Waals surface area contributed by atoms with Crippen LogP contribution in [0.4, 0.5) is 0 Å². The van der Waals surface area contributed by atoms with Gasteiger partial charge in [-0.25, -0.2) is 0 Å². The quantitative estimate of drug-likeness (QED) is 0.736. The van der Waals surface area contributed by atoms with Crippen LogP contribution in [-0.4, -0.2) is 25.0 Å². The topological polar surface area (TPSA) is 41.1 Å². The van der Waals surface area contributed by atoms with E-state index in [1.165, 1.54) is 37.7 Å². The first kappa shape index (κ1) is 12.6. The van der Waals surface area contributed by atoms with Crippen LogP contribution in [-0.2, 0) is 4.79 Å². The van der Waals surface area contributed by atoms with E-state index in [0.717, 1.165) is 18.7 Å². The van der Waals surface area contributed by atoms with Gasteiger partial charge < -0.3 is 10.6 Å². The molecule has 0 aromatic rings. The number of amides is 1. The molecule has 2 N–H and O–H groups in total. The summed E-state index contributed by atoms with van der Waals surface area (Å²) in [7, 11) is 0. The number of nitrogens with one attached hydrogen (secondary N) is 2. The summed E-state index contributed by atoms with van der Waals surface area (Å²) in [4.78, 5) is 12.0. The number of carbonyl (C=O) groups is 1. The molecule has 1 amide bonds. The highest BCUT2D eigenvalue weighted by Crippen LogP contribution is 2.26. The molecule has 17 heavy (non-hydrogen) atoms. The van der Waals surface area contributed by atoms with Gasteiger partial charge in [-0.2, -0.15) is 0 Å².